The lowest BCUT2D eigenvalue weighted by molar-refractivity contribution is -0.384. The molecule has 1 unspecified atom stereocenters. The number of nitrogens with zero attached hydrogens (tertiary/aromatic N) is 5. The molecule has 0 aromatic heterocycles. The molecule has 0 bridgehead atoms. The number of rotatable bonds is 10. The molecule has 2 aliphatic heterocycles. The number of nitro benzene ring substituents is 1. The Labute approximate surface area is 228 Å². The van der Waals surface area contributed by atoms with Crippen molar-refractivity contribution in [3.63, 3.8) is 0 Å². The van der Waals surface area contributed by atoms with Crippen molar-refractivity contribution in [3.05, 3.63) is 69.8 Å². The van der Waals surface area contributed by atoms with Crippen LogP contribution in [0.3, 0.4) is 0 Å². The quantitative estimate of drug-likeness (QED) is 0.338. The molecule has 208 valence electrons. The highest BCUT2D eigenvalue weighted by molar-refractivity contribution is 6.03. The summed E-state index contributed by atoms with van der Waals surface area (Å²) in [5, 5.41) is 17.2. The smallest absolute Gasteiger partial charge is 0.269 e. The number of benzene rings is 2. The first kappa shape index (κ1) is 28.2. The van der Waals surface area contributed by atoms with E-state index in [0.717, 1.165) is 18.7 Å². The van der Waals surface area contributed by atoms with Crippen molar-refractivity contribution in [1.29, 1.82) is 0 Å². The zero-order valence-electron chi connectivity index (χ0n) is 22.6. The van der Waals surface area contributed by atoms with Gasteiger partial charge < -0.3 is 14.4 Å². The summed E-state index contributed by atoms with van der Waals surface area (Å²) in [6, 6.07) is 13.2. The Bertz CT molecular complexity index is 1190. The third-order valence-electron chi connectivity index (χ3n) is 7.00. The summed E-state index contributed by atoms with van der Waals surface area (Å²) < 4.78 is 10.7. The van der Waals surface area contributed by atoms with Crippen molar-refractivity contribution in [3.8, 4) is 5.75 Å². The topological polar surface area (TPSA) is 118 Å². The minimum absolute atomic E-state index is 0.0138. The second-order valence-electron chi connectivity index (χ2n) is 9.95. The molecule has 11 heteroatoms. The van der Waals surface area contributed by atoms with Crippen LogP contribution in [0.1, 0.15) is 37.4 Å². The van der Waals surface area contributed by atoms with E-state index in [1.165, 1.54) is 17.1 Å². The highest BCUT2D eigenvalue weighted by Crippen LogP contribution is 2.34. The van der Waals surface area contributed by atoms with E-state index in [9.17, 15) is 19.7 Å². The maximum atomic E-state index is 13.7. The molecule has 0 saturated carbocycles. The van der Waals surface area contributed by atoms with Crippen molar-refractivity contribution < 1.29 is 24.0 Å². The molecule has 2 heterocycles. The van der Waals surface area contributed by atoms with Gasteiger partial charge in [-0.15, -0.1) is 0 Å². The summed E-state index contributed by atoms with van der Waals surface area (Å²) in [7, 11) is 1.59. The van der Waals surface area contributed by atoms with Crippen molar-refractivity contribution in [1.82, 2.24) is 14.8 Å². The molecule has 2 aliphatic rings. The highest BCUT2D eigenvalue weighted by atomic mass is 16.6. The number of methoxy groups -OCH3 is 1. The van der Waals surface area contributed by atoms with Gasteiger partial charge in [-0.2, -0.15) is 5.10 Å². The van der Waals surface area contributed by atoms with E-state index in [1.54, 1.807) is 24.1 Å². The van der Waals surface area contributed by atoms with Gasteiger partial charge in [-0.25, -0.2) is 5.01 Å². The minimum atomic E-state index is -0.451. The first-order valence-electron chi connectivity index (χ1n) is 13.1. The van der Waals surface area contributed by atoms with Gasteiger partial charge in [-0.05, 0) is 35.4 Å². The van der Waals surface area contributed by atoms with Crippen LogP contribution < -0.4 is 4.74 Å². The number of hydrazone groups is 1. The van der Waals surface area contributed by atoms with Crippen LogP contribution in [0, 0.1) is 16.0 Å². The Hall–Kier alpha value is -3.83. The lowest BCUT2D eigenvalue weighted by Gasteiger charge is -2.31. The fourth-order valence-electron chi connectivity index (χ4n) is 4.73. The van der Waals surface area contributed by atoms with Crippen LogP contribution in [0.15, 0.2) is 53.6 Å². The normalized spacial score (nSPS) is 17.7. The molecule has 1 fully saturated rings. The Morgan fingerprint density at radius 3 is 2.38 bits per heavy atom. The fraction of sp³-hybridized carbons (Fsp3) is 0.464. The predicted octanol–water partition coefficient (Wildman–Crippen LogP) is 3.10. The molecule has 0 N–H and O–H groups in total. The maximum absolute atomic E-state index is 13.7. The van der Waals surface area contributed by atoms with Gasteiger partial charge in [0.15, 0.2) is 0 Å². The Morgan fingerprint density at radius 1 is 1.13 bits per heavy atom. The number of carbonyl (C=O) groups is 2. The number of carbonyl (C=O) groups excluding carboxylic acids is 2. The number of morpholine rings is 1. The number of non-ortho nitro benzene ring substituents is 1. The molecular weight excluding hydrogens is 502 g/mol. The van der Waals surface area contributed by atoms with E-state index in [0.29, 0.717) is 49.7 Å². The Morgan fingerprint density at radius 2 is 1.79 bits per heavy atom. The number of ether oxygens (including phenoxy) is 2. The summed E-state index contributed by atoms with van der Waals surface area (Å²) in [6.45, 7) is 7.58. The molecule has 11 nitrogen and oxygen atoms in total. The Balaban J connectivity index is 1.57. The first-order chi connectivity index (χ1) is 18.8. The highest BCUT2D eigenvalue weighted by Gasteiger charge is 2.35. The molecule has 1 saturated heterocycles. The average molecular weight is 538 g/mol. The van der Waals surface area contributed by atoms with Crippen LogP contribution in [-0.4, -0.2) is 90.3 Å². The van der Waals surface area contributed by atoms with Gasteiger partial charge in [0.05, 0.1) is 37.0 Å². The largest absolute Gasteiger partial charge is 0.497 e. The van der Waals surface area contributed by atoms with E-state index >= 15 is 0 Å². The SMILES string of the molecule is COc1ccc(C2CC(c3ccc([N+](=O)[O-])cc3)=NN2C(=O)CN(CCN2CCOCC2)C(=O)C(C)C)cc1. The van der Waals surface area contributed by atoms with Crippen LogP contribution in [-0.2, 0) is 14.3 Å². The van der Waals surface area contributed by atoms with Gasteiger partial charge in [-0.1, -0.05) is 26.0 Å². The van der Waals surface area contributed by atoms with E-state index in [2.05, 4.69) is 10.0 Å². The number of nitro groups is 1. The van der Waals surface area contributed by atoms with E-state index in [4.69, 9.17) is 9.47 Å². The molecule has 2 amide bonds. The van der Waals surface area contributed by atoms with E-state index in [-0.39, 0.29) is 36.0 Å². The van der Waals surface area contributed by atoms with Crippen LogP contribution >= 0.6 is 0 Å². The number of hydrogen-bond acceptors (Lipinski definition) is 8. The van der Waals surface area contributed by atoms with Crippen molar-refractivity contribution in [2.24, 2.45) is 11.0 Å². The van der Waals surface area contributed by atoms with Crippen LogP contribution in [0.4, 0.5) is 5.69 Å². The molecule has 4 rings (SSSR count). The molecule has 0 aliphatic carbocycles. The third kappa shape index (κ3) is 6.98. The summed E-state index contributed by atoms with van der Waals surface area (Å²) >= 11 is 0. The molecule has 0 radical (unpaired) electrons. The van der Waals surface area contributed by atoms with Crippen molar-refractivity contribution in [2.45, 2.75) is 26.3 Å². The Kier molecular flexibility index (Phi) is 9.26. The summed E-state index contributed by atoms with van der Waals surface area (Å²) in [6.07, 6.45) is 0.432. The summed E-state index contributed by atoms with van der Waals surface area (Å²) in [4.78, 5) is 41.3. The average Bonchev–Trinajstić information content (AvgIpc) is 3.41. The maximum Gasteiger partial charge on any atom is 0.269 e. The van der Waals surface area contributed by atoms with E-state index in [1.807, 2.05) is 38.1 Å². The minimum Gasteiger partial charge on any atom is -0.497 e. The first-order valence-corrected chi connectivity index (χ1v) is 13.1. The monoisotopic (exact) mass is 537 g/mol. The van der Waals surface area contributed by atoms with Gasteiger partial charge in [0.25, 0.3) is 11.6 Å². The second-order valence-corrected chi connectivity index (χ2v) is 9.95. The van der Waals surface area contributed by atoms with Gasteiger partial charge in [0, 0.05) is 50.7 Å². The van der Waals surface area contributed by atoms with Crippen molar-refractivity contribution >= 4 is 23.2 Å². The van der Waals surface area contributed by atoms with Crippen LogP contribution in [0.25, 0.3) is 0 Å². The summed E-state index contributed by atoms with van der Waals surface area (Å²) in [5.41, 5.74) is 2.21. The molecule has 2 aromatic carbocycles. The van der Waals surface area contributed by atoms with Gasteiger partial charge in [0.1, 0.15) is 12.3 Å². The van der Waals surface area contributed by atoms with E-state index < -0.39 is 4.92 Å². The standard InChI is InChI=1S/C28H35N5O6/c1-20(2)28(35)31(13-12-30-14-16-39-17-15-30)19-27(34)32-26(22-6-10-24(38-3)11-7-22)18-25(29-32)21-4-8-23(9-5-21)33(36)37/h4-11,20,26H,12-19H2,1-3H3. The molecule has 2 aromatic rings. The van der Waals surface area contributed by atoms with Gasteiger partial charge >= 0.3 is 0 Å². The molecule has 1 atom stereocenters. The molecule has 0 spiro atoms. The van der Waals surface area contributed by atoms with Crippen LogP contribution in [0.5, 0.6) is 5.75 Å². The van der Waals surface area contributed by atoms with Gasteiger partial charge in [-0.3, -0.25) is 24.6 Å². The zero-order valence-corrected chi connectivity index (χ0v) is 22.6. The number of amides is 2. The number of hydrogen-bond donors (Lipinski definition) is 0. The lowest BCUT2D eigenvalue weighted by atomic mass is 9.98. The molecular formula is C28H35N5O6. The lowest BCUT2D eigenvalue weighted by Crippen LogP contribution is -2.47. The summed E-state index contributed by atoms with van der Waals surface area (Å²) in [5.74, 6) is 0.0701. The predicted molar refractivity (Wildman–Crippen MR) is 146 cm³/mol. The van der Waals surface area contributed by atoms with Crippen LogP contribution in [0.2, 0.25) is 0 Å². The fourth-order valence-corrected chi connectivity index (χ4v) is 4.73. The van der Waals surface area contributed by atoms with Gasteiger partial charge in [0.2, 0.25) is 5.91 Å². The second kappa shape index (κ2) is 12.8. The molecule has 39 heavy (non-hydrogen) atoms. The zero-order chi connectivity index (χ0) is 27.9. The third-order valence-corrected chi connectivity index (χ3v) is 7.00. The van der Waals surface area contributed by atoms with Crippen molar-refractivity contribution in [2.75, 3.05) is 53.0 Å².